The summed E-state index contributed by atoms with van der Waals surface area (Å²) >= 11 is 0. The van der Waals surface area contributed by atoms with Crippen molar-refractivity contribution in [3.63, 3.8) is 0 Å². The number of rotatable bonds is 3. The Hall–Kier alpha value is -0.120. The molecule has 3 aliphatic rings. The minimum absolute atomic E-state index is 0.550. The van der Waals surface area contributed by atoms with Crippen molar-refractivity contribution >= 4 is 0 Å². The molecule has 3 fully saturated rings. The SMILES string of the molecule is CCC1(CN2CCOC3CCCC32)CCNCC1. The fourth-order valence-electron chi connectivity index (χ4n) is 4.21. The Labute approximate surface area is 111 Å². The number of nitrogens with one attached hydrogen (secondary N) is 1. The lowest BCUT2D eigenvalue weighted by Crippen LogP contribution is -2.53. The lowest BCUT2D eigenvalue weighted by molar-refractivity contribution is -0.0721. The molecular weight excluding hydrogens is 224 g/mol. The van der Waals surface area contributed by atoms with Crippen LogP contribution in [-0.4, -0.2) is 49.8 Å². The van der Waals surface area contributed by atoms with Gasteiger partial charge < -0.3 is 10.1 Å². The van der Waals surface area contributed by atoms with Gasteiger partial charge in [0.05, 0.1) is 12.7 Å². The summed E-state index contributed by atoms with van der Waals surface area (Å²) in [6, 6.07) is 0.733. The molecule has 0 spiro atoms. The third-order valence-corrected chi connectivity index (χ3v) is 5.55. The number of morpholine rings is 1. The van der Waals surface area contributed by atoms with Crippen molar-refractivity contribution in [2.45, 2.75) is 57.6 Å². The van der Waals surface area contributed by atoms with E-state index in [9.17, 15) is 0 Å². The fraction of sp³-hybridized carbons (Fsp3) is 1.00. The normalized spacial score (nSPS) is 36.5. The maximum absolute atomic E-state index is 5.93. The number of nitrogens with zero attached hydrogens (tertiary/aromatic N) is 1. The molecule has 0 aromatic carbocycles. The van der Waals surface area contributed by atoms with Crippen molar-refractivity contribution in [2.24, 2.45) is 5.41 Å². The highest BCUT2D eigenvalue weighted by atomic mass is 16.5. The molecule has 3 heteroatoms. The average molecular weight is 252 g/mol. The topological polar surface area (TPSA) is 24.5 Å². The van der Waals surface area contributed by atoms with Crippen LogP contribution in [0, 0.1) is 5.41 Å². The average Bonchev–Trinajstić information content (AvgIpc) is 2.89. The van der Waals surface area contributed by atoms with Gasteiger partial charge in [0, 0.05) is 19.1 Å². The Kier molecular flexibility index (Phi) is 3.92. The molecular formula is C15H28N2O. The third-order valence-electron chi connectivity index (χ3n) is 5.55. The van der Waals surface area contributed by atoms with Gasteiger partial charge in [0.2, 0.25) is 0 Å². The Morgan fingerprint density at radius 2 is 2.11 bits per heavy atom. The minimum atomic E-state index is 0.550. The van der Waals surface area contributed by atoms with Crippen LogP contribution >= 0.6 is 0 Å². The zero-order chi connectivity index (χ0) is 12.4. The Morgan fingerprint density at radius 1 is 1.28 bits per heavy atom. The summed E-state index contributed by atoms with van der Waals surface area (Å²) < 4.78 is 5.93. The largest absolute Gasteiger partial charge is 0.375 e. The van der Waals surface area contributed by atoms with E-state index in [0.717, 1.165) is 19.2 Å². The maximum Gasteiger partial charge on any atom is 0.0730 e. The molecule has 18 heavy (non-hydrogen) atoms. The zero-order valence-electron chi connectivity index (χ0n) is 11.8. The van der Waals surface area contributed by atoms with E-state index in [1.54, 1.807) is 0 Å². The van der Waals surface area contributed by atoms with Crippen molar-refractivity contribution in [1.82, 2.24) is 10.2 Å². The molecule has 1 saturated carbocycles. The van der Waals surface area contributed by atoms with Crippen LogP contribution in [0.4, 0.5) is 0 Å². The van der Waals surface area contributed by atoms with Crippen LogP contribution in [0.25, 0.3) is 0 Å². The summed E-state index contributed by atoms with van der Waals surface area (Å²) in [6.45, 7) is 8.25. The minimum Gasteiger partial charge on any atom is -0.375 e. The molecule has 1 N–H and O–H groups in total. The second-order valence-corrected chi connectivity index (χ2v) is 6.48. The van der Waals surface area contributed by atoms with Crippen LogP contribution in [0.5, 0.6) is 0 Å². The van der Waals surface area contributed by atoms with Crippen LogP contribution in [0.2, 0.25) is 0 Å². The lowest BCUT2D eigenvalue weighted by atomic mass is 9.76. The van der Waals surface area contributed by atoms with Gasteiger partial charge in [-0.3, -0.25) is 4.90 Å². The Bertz CT molecular complexity index is 276. The summed E-state index contributed by atoms with van der Waals surface area (Å²) in [5.74, 6) is 0. The molecule has 0 amide bonds. The van der Waals surface area contributed by atoms with E-state index in [-0.39, 0.29) is 0 Å². The molecule has 0 bridgehead atoms. The smallest absolute Gasteiger partial charge is 0.0730 e. The van der Waals surface area contributed by atoms with E-state index in [1.807, 2.05) is 0 Å². The van der Waals surface area contributed by atoms with Crippen LogP contribution in [-0.2, 0) is 4.74 Å². The molecule has 3 nitrogen and oxygen atoms in total. The number of piperidine rings is 1. The Balaban J connectivity index is 1.66. The molecule has 2 unspecified atom stereocenters. The maximum atomic E-state index is 5.93. The predicted molar refractivity (Wildman–Crippen MR) is 73.8 cm³/mol. The first-order valence-corrected chi connectivity index (χ1v) is 7.89. The van der Waals surface area contributed by atoms with Gasteiger partial charge in [-0.15, -0.1) is 0 Å². The van der Waals surface area contributed by atoms with Crippen molar-refractivity contribution < 1.29 is 4.74 Å². The molecule has 1 aliphatic carbocycles. The quantitative estimate of drug-likeness (QED) is 0.831. The van der Waals surface area contributed by atoms with Crippen molar-refractivity contribution in [1.29, 1.82) is 0 Å². The van der Waals surface area contributed by atoms with E-state index in [0.29, 0.717) is 11.5 Å². The molecule has 0 aromatic rings. The summed E-state index contributed by atoms with van der Waals surface area (Å²) in [5.41, 5.74) is 0.579. The first-order chi connectivity index (χ1) is 8.83. The molecule has 104 valence electrons. The van der Waals surface area contributed by atoms with E-state index in [4.69, 9.17) is 4.74 Å². The van der Waals surface area contributed by atoms with Gasteiger partial charge >= 0.3 is 0 Å². The van der Waals surface area contributed by atoms with Gasteiger partial charge in [-0.25, -0.2) is 0 Å². The number of fused-ring (bicyclic) bond motifs is 1. The summed E-state index contributed by atoms with van der Waals surface area (Å²) in [6.07, 6.45) is 8.63. The molecule has 3 rings (SSSR count). The second kappa shape index (κ2) is 5.48. The van der Waals surface area contributed by atoms with Crippen LogP contribution < -0.4 is 5.32 Å². The van der Waals surface area contributed by atoms with Gasteiger partial charge in [-0.2, -0.15) is 0 Å². The van der Waals surface area contributed by atoms with Gasteiger partial charge in [0.15, 0.2) is 0 Å². The highest BCUT2D eigenvalue weighted by Gasteiger charge is 2.40. The van der Waals surface area contributed by atoms with Crippen LogP contribution in [0.1, 0.15) is 45.4 Å². The number of hydrogen-bond donors (Lipinski definition) is 1. The van der Waals surface area contributed by atoms with E-state index >= 15 is 0 Å². The standard InChI is InChI=1S/C15H28N2O/c1-2-15(6-8-16-9-7-15)12-17-10-11-18-14-5-3-4-13(14)17/h13-14,16H,2-12H2,1H3. The van der Waals surface area contributed by atoms with Crippen LogP contribution in [0.3, 0.4) is 0 Å². The molecule has 0 radical (unpaired) electrons. The van der Waals surface area contributed by atoms with Crippen molar-refractivity contribution in [3.8, 4) is 0 Å². The Morgan fingerprint density at radius 3 is 2.89 bits per heavy atom. The summed E-state index contributed by atoms with van der Waals surface area (Å²) in [5, 5.41) is 3.51. The molecule has 2 aliphatic heterocycles. The van der Waals surface area contributed by atoms with E-state index < -0.39 is 0 Å². The molecule has 2 heterocycles. The molecule has 0 aromatic heterocycles. The van der Waals surface area contributed by atoms with E-state index in [2.05, 4.69) is 17.1 Å². The number of hydrogen-bond acceptors (Lipinski definition) is 3. The number of ether oxygens (including phenoxy) is 1. The third kappa shape index (κ3) is 2.45. The van der Waals surface area contributed by atoms with Gasteiger partial charge in [-0.05, 0) is 57.0 Å². The summed E-state index contributed by atoms with van der Waals surface area (Å²) in [7, 11) is 0. The lowest BCUT2D eigenvalue weighted by Gasteiger charge is -2.46. The highest BCUT2D eigenvalue weighted by molar-refractivity contribution is 4.94. The molecule has 2 saturated heterocycles. The first-order valence-electron chi connectivity index (χ1n) is 7.89. The van der Waals surface area contributed by atoms with E-state index in [1.165, 1.54) is 58.2 Å². The second-order valence-electron chi connectivity index (χ2n) is 6.48. The monoisotopic (exact) mass is 252 g/mol. The predicted octanol–water partition coefficient (Wildman–Crippen LogP) is 2.02. The first kappa shape index (κ1) is 12.9. The van der Waals surface area contributed by atoms with Crippen LogP contribution in [0.15, 0.2) is 0 Å². The highest BCUT2D eigenvalue weighted by Crippen LogP contribution is 2.37. The zero-order valence-corrected chi connectivity index (χ0v) is 11.8. The van der Waals surface area contributed by atoms with Crippen molar-refractivity contribution in [3.05, 3.63) is 0 Å². The fourth-order valence-corrected chi connectivity index (χ4v) is 4.21. The van der Waals surface area contributed by atoms with Gasteiger partial charge in [0.1, 0.15) is 0 Å². The van der Waals surface area contributed by atoms with Gasteiger partial charge in [-0.1, -0.05) is 6.92 Å². The summed E-state index contributed by atoms with van der Waals surface area (Å²) in [4.78, 5) is 2.77. The van der Waals surface area contributed by atoms with Gasteiger partial charge in [0.25, 0.3) is 0 Å². The van der Waals surface area contributed by atoms with Crippen molar-refractivity contribution in [2.75, 3.05) is 32.8 Å². The molecule has 2 atom stereocenters.